The monoisotopic (exact) mass is 311 g/mol. The summed E-state index contributed by atoms with van der Waals surface area (Å²) in [5, 5.41) is 19.3. The molecule has 0 fully saturated rings. The first-order valence-electron chi connectivity index (χ1n) is 6.73. The molecule has 0 amide bonds. The van der Waals surface area contributed by atoms with E-state index in [1.54, 1.807) is 41.5 Å². The van der Waals surface area contributed by atoms with E-state index in [9.17, 15) is 19.8 Å². The van der Waals surface area contributed by atoms with Gasteiger partial charge in [0.2, 0.25) is 11.9 Å². The van der Waals surface area contributed by atoms with Gasteiger partial charge in [-0.05, 0) is 40.0 Å². The van der Waals surface area contributed by atoms with Crippen LogP contribution in [0, 0.1) is 16.0 Å². The third-order valence-corrected chi connectivity index (χ3v) is 5.07. The van der Waals surface area contributed by atoms with Crippen molar-refractivity contribution in [1.82, 2.24) is 0 Å². The molecule has 8 heteroatoms. The van der Waals surface area contributed by atoms with Crippen LogP contribution in [0.2, 0.25) is 0 Å². The van der Waals surface area contributed by atoms with Crippen LogP contribution < -0.4 is 0 Å². The van der Waals surface area contributed by atoms with Gasteiger partial charge in [-0.1, -0.05) is 13.8 Å². The van der Waals surface area contributed by atoms with Gasteiger partial charge in [-0.25, -0.2) is 0 Å². The quantitative estimate of drug-likeness (QED) is 0.399. The molecule has 0 spiro atoms. The molecule has 0 saturated carbocycles. The van der Waals surface area contributed by atoms with Crippen molar-refractivity contribution in [2.75, 3.05) is 6.54 Å². The van der Waals surface area contributed by atoms with E-state index in [1.165, 1.54) is 0 Å². The van der Waals surface area contributed by atoms with Crippen molar-refractivity contribution in [2.45, 2.75) is 65.5 Å². The fourth-order valence-electron chi connectivity index (χ4n) is 1.90. The number of hydrogen-bond donors (Lipinski definition) is 1. The Kier molecular flexibility index (Phi) is 7.32. The SMILES string of the molecule is CC(C)C[C@@](O)(C[N+](=O)[O-])P(=O)(OC(C)C)OC(C)C. The van der Waals surface area contributed by atoms with Gasteiger partial charge in [0, 0.05) is 4.92 Å². The maximum absolute atomic E-state index is 12.9. The van der Waals surface area contributed by atoms with Crippen LogP contribution in [0.3, 0.4) is 0 Å². The molecule has 7 nitrogen and oxygen atoms in total. The summed E-state index contributed by atoms with van der Waals surface area (Å²) in [6, 6.07) is 0. The van der Waals surface area contributed by atoms with E-state index < -0.39 is 36.6 Å². The lowest BCUT2D eigenvalue weighted by atomic mass is 10.1. The molecule has 0 rings (SSSR count). The second kappa shape index (κ2) is 7.50. The molecule has 0 radical (unpaired) electrons. The van der Waals surface area contributed by atoms with Crippen molar-refractivity contribution >= 4 is 7.60 Å². The molecule has 0 aliphatic rings. The van der Waals surface area contributed by atoms with Crippen molar-refractivity contribution in [3.8, 4) is 0 Å². The molecule has 0 aromatic heterocycles. The minimum absolute atomic E-state index is 0.0370. The average molecular weight is 311 g/mol. The molecule has 0 aliphatic heterocycles. The lowest BCUT2D eigenvalue weighted by Gasteiger charge is -2.35. The summed E-state index contributed by atoms with van der Waals surface area (Å²) in [6.45, 7) is 9.23. The van der Waals surface area contributed by atoms with E-state index in [-0.39, 0.29) is 12.3 Å². The Morgan fingerprint density at radius 1 is 1.15 bits per heavy atom. The van der Waals surface area contributed by atoms with E-state index in [4.69, 9.17) is 9.05 Å². The molecule has 1 atom stereocenters. The van der Waals surface area contributed by atoms with E-state index in [1.807, 2.05) is 0 Å². The maximum atomic E-state index is 12.9. The summed E-state index contributed by atoms with van der Waals surface area (Å²) in [5.74, 6) is -0.0974. The first kappa shape index (κ1) is 19.5. The predicted molar refractivity (Wildman–Crippen MR) is 76.3 cm³/mol. The van der Waals surface area contributed by atoms with Gasteiger partial charge in [-0.3, -0.25) is 14.7 Å². The summed E-state index contributed by atoms with van der Waals surface area (Å²) >= 11 is 0. The third-order valence-electron chi connectivity index (χ3n) is 2.33. The molecule has 0 unspecified atom stereocenters. The lowest BCUT2D eigenvalue weighted by molar-refractivity contribution is -0.495. The van der Waals surface area contributed by atoms with Gasteiger partial charge in [0.25, 0.3) is 0 Å². The van der Waals surface area contributed by atoms with Crippen molar-refractivity contribution < 1.29 is 23.6 Å². The van der Waals surface area contributed by atoms with Crippen molar-refractivity contribution in [1.29, 1.82) is 0 Å². The zero-order valence-corrected chi connectivity index (χ0v) is 13.9. The van der Waals surface area contributed by atoms with Crippen LogP contribution in [0.4, 0.5) is 0 Å². The van der Waals surface area contributed by atoms with Crippen LogP contribution >= 0.6 is 7.60 Å². The molecule has 120 valence electrons. The van der Waals surface area contributed by atoms with Gasteiger partial charge in [-0.15, -0.1) is 0 Å². The van der Waals surface area contributed by atoms with Crippen molar-refractivity contribution in [3.63, 3.8) is 0 Å². The molecule has 20 heavy (non-hydrogen) atoms. The summed E-state index contributed by atoms with van der Waals surface area (Å²) in [7, 11) is -4.05. The Morgan fingerprint density at radius 2 is 1.55 bits per heavy atom. The highest BCUT2D eigenvalue weighted by atomic mass is 31.2. The second-order valence-corrected chi connectivity index (χ2v) is 8.13. The number of hydrogen-bond acceptors (Lipinski definition) is 6. The van der Waals surface area contributed by atoms with Gasteiger partial charge in [-0.2, -0.15) is 0 Å². The van der Waals surface area contributed by atoms with Crippen LogP contribution in [0.5, 0.6) is 0 Å². The van der Waals surface area contributed by atoms with Gasteiger partial charge in [0.15, 0.2) is 0 Å². The number of aliphatic hydroxyl groups is 1. The molecule has 1 N–H and O–H groups in total. The van der Waals surface area contributed by atoms with E-state index in [0.717, 1.165) is 0 Å². The van der Waals surface area contributed by atoms with E-state index in [2.05, 4.69) is 0 Å². The Bertz CT molecular complexity index is 357. The minimum atomic E-state index is -4.05. The molecular weight excluding hydrogens is 285 g/mol. The van der Waals surface area contributed by atoms with Crippen molar-refractivity contribution in [2.24, 2.45) is 5.92 Å². The summed E-state index contributed by atoms with van der Waals surface area (Å²) in [6.07, 6.45) is -1.000. The smallest absolute Gasteiger partial charge is 0.369 e. The van der Waals surface area contributed by atoms with E-state index in [0.29, 0.717) is 0 Å². The van der Waals surface area contributed by atoms with Gasteiger partial charge in [0.1, 0.15) is 0 Å². The highest BCUT2D eigenvalue weighted by Gasteiger charge is 2.55. The first-order chi connectivity index (χ1) is 8.92. The Morgan fingerprint density at radius 3 is 1.80 bits per heavy atom. The summed E-state index contributed by atoms with van der Waals surface area (Å²) in [4.78, 5) is 10.1. The zero-order valence-electron chi connectivity index (χ0n) is 13.0. The Hall–Kier alpha value is -0.490. The minimum Gasteiger partial charge on any atom is -0.372 e. The maximum Gasteiger partial charge on any atom is 0.369 e. The fraction of sp³-hybridized carbons (Fsp3) is 1.00. The molecule has 0 bridgehead atoms. The summed E-state index contributed by atoms with van der Waals surface area (Å²) in [5.41, 5.74) is 0. The molecule has 0 saturated heterocycles. The molecule has 0 aromatic carbocycles. The average Bonchev–Trinajstić information content (AvgIpc) is 2.10. The largest absolute Gasteiger partial charge is 0.372 e. The second-order valence-electron chi connectivity index (χ2n) is 5.88. The zero-order chi connectivity index (χ0) is 16.1. The molecule has 0 aliphatic carbocycles. The Balaban J connectivity index is 5.60. The fourth-order valence-corrected chi connectivity index (χ4v) is 4.33. The van der Waals surface area contributed by atoms with Crippen molar-refractivity contribution in [3.05, 3.63) is 10.1 Å². The van der Waals surface area contributed by atoms with Crippen LogP contribution in [0.25, 0.3) is 0 Å². The normalized spacial score (nSPS) is 15.9. The van der Waals surface area contributed by atoms with Gasteiger partial charge < -0.3 is 14.2 Å². The lowest BCUT2D eigenvalue weighted by Crippen LogP contribution is -2.40. The topological polar surface area (TPSA) is 98.9 Å². The number of nitro groups is 1. The Labute approximate surface area is 120 Å². The van der Waals surface area contributed by atoms with Crippen LogP contribution in [-0.4, -0.2) is 34.1 Å². The van der Waals surface area contributed by atoms with E-state index >= 15 is 0 Å². The first-order valence-corrected chi connectivity index (χ1v) is 8.27. The standard InChI is InChI=1S/C12H26NO6P/c1-9(2)7-12(14,8-13(15)16)20(17,18-10(3)4)19-11(5)6/h9-11,14H,7-8H2,1-6H3/t12-/m0/s1. The molecular formula is C12H26NO6P. The van der Waals surface area contributed by atoms with Gasteiger partial charge >= 0.3 is 7.60 Å². The number of nitrogens with zero attached hydrogens (tertiary/aromatic N) is 1. The predicted octanol–water partition coefficient (Wildman–Crippen LogP) is 3.04. The number of rotatable bonds is 9. The highest BCUT2D eigenvalue weighted by molar-refractivity contribution is 7.55. The van der Waals surface area contributed by atoms with Crippen LogP contribution in [-0.2, 0) is 13.6 Å². The van der Waals surface area contributed by atoms with Gasteiger partial charge in [0.05, 0.1) is 12.2 Å². The summed E-state index contributed by atoms with van der Waals surface area (Å²) < 4.78 is 23.5. The third kappa shape index (κ3) is 5.87. The van der Waals surface area contributed by atoms with Crippen LogP contribution in [0.15, 0.2) is 0 Å². The highest BCUT2D eigenvalue weighted by Crippen LogP contribution is 2.62. The molecule has 0 heterocycles. The molecule has 0 aromatic rings. The van der Waals surface area contributed by atoms with Crippen LogP contribution in [0.1, 0.15) is 48.0 Å².